The Morgan fingerprint density at radius 2 is 2.11 bits per heavy atom. The standard InChI is InChI=1S/C14H23ClN2O2/c1-3-5-6-18-7-8-19-14-9-12(10-16-4-2)13(15)11-17-14/h9,11,16H,3-8,10H2,1-2H3. The van der Waals surface area contributed by atoms with Crippen LogP contribution in [0.5, 0.6) is 5.88 Å². The second-order valence-corrected chi connectivity index (χ2v) is 4.62. The third-order valence-electron chi connectivity index (χ3n) is 2.59. The molecule has 0 bridgehead atoms. The van der Waals surface area contributed by atoms with Crippen LogP contribution in [0.3, 0.4) is 0 Å². The van der Waals surface area contributed by atoms with Gasteiger partial charge in [-0.1, -0.05) is 31.9 Å². The smallest absolute Gasteiger partial charge is 0.213 e. The van der Waals surface area contributed by atoms with Gasteiger partial charge in [-0.2, -0.15) is 0 Å². The summed E-state index contributed by atoms with van der Waals surface area (Å²) < 4.78 is 11.0. The van der Waals surface area contributed by atoms with Crippen molar-refractivity contribution in [3.05, 3.63) is 22.8 Å². The van der Waals surface area contributed by atoms with E-state index in [4.69, 9.17) is 21.1 Å². The molecule has 108 valence electrons. The zero-order chi connectivity index (χ0) is 13.9. The normalized spacial score (nSPS) is 10.7. The van der Waals surface area contributed by atoms with Crippen molar-refractivity contribution in [3.8, 4) is 5.88 Å². The highest BCUT2D eigenvalue weighted by atomic mass is 35.5. The Bertz CT molecular complexity index is 361. The van der Waals surface area contributed by atoms with Crippen LogP contribution in [0, 0.1) is 0 Å². The maximum atomic E-state index is 6.07. The van der Waals surface area contributed by atoms with Gasteiger partial charge in [-0.3, -0.25) is 0 Å². The van der Waals surface area contributed by atoms with Crippen molar-refractivity contribution in [2.45, 2.75) is 33.2 Å². The molecule has 5 heteroatoms. The Kier molecular flexibility index (Phi) is 8.54. The molecule has 0 fully saturated rings. The lowest BCUT2D eigenvalue weighted by Gasteiger charge is -2.09. The van der Waals surface area contributed by atoms with Gasteiger partial charge in [0, 0.05) is 25.4 Å². The molecule has 0 aromatic carbocycles. The molecule has 4 nitrogen and oxygen atoms in total. The molecule has 0 aliphatic heterocycles. The van der Waals surface area contributed by atoms with E-state index in [1.165, 1.54) is 0 Å². The molecule has 1 aromatic heterocycles. The van der Waals surface area contributed by atoms with Crippen molar-refractivity contribution in [2.75, 3.05) is 26.4 Å². The van der Waals surface area contributed by atoms with Crippen LogP contribution >= 0.6 is 11.6 Å². The fraction of sp³-hybridized carbons (Fsp3) is 0.643. The van der Waals surface area contributed by atoms with Gasteiger partial charge in [0.05, 0.1) is 11.6 Å². The van der Waals surface area contributed by atoms with Crippen LogP contribution in [0.25, 0.3) is 0 Å². The average Bonchev–Trinajstić information content (AvgIpc) is 2.43. The van der Waals surface area contributed by atoms with E-state index in [-0.39, 0.29) is 0 Å². The predicted molar refractivity (Wildman–Crippen MR) is 77.8 cm³/mol. The highest BCUT2D eigenvalue weighted by Crippen LogP contribution is 2.19. The second-order valence-electron chi connectivity index (χ2n) is 4.21. The Morgan fingerprint density at radius 1 is 1.26 bits per heavy atom. The van der Waals surface area contributed by atoms with Crippen LogP contribution in [0.4, 0.5) is 0 Å². The van der Waals surface area contributed by atoms with E-state index in [9.17, 15) is 0 Å². The van der Waals surface area contributed by atoms with Gasteiger partial charge < -0.3 is 14.8 Å². The number of hydrogen-bond acceptors (Lipinski definition) is 4. The molecule has 1 aromatic rings. The highest BCUT2D eigenvalue weighted by molar-refractivity contribution is 6.31. The van der Waals surface area contributed by atoms with Gasteiger partial charge in [-0.25, -0.2) is 4.98 Å². The molecule has 0 spiro atoms. The summed E-state index contributed by atoms with van der Waals surface area (Å²) in [6.45, 7) is 7.72. The second kappa shape index (κ2) is 10.0. The number of ether oxygens (including phenoxy) is 2. The first-order valence-electron chi connectivity index (χ1n) is 6.83. The van der Waals surface area contributed by atoms with E-state index in [0.29, 0.717) is 24.1 Å². The number of unbranched alkanes of at least 4 members (excludes halogenated alkanes) is 1. The minimum absolute atomic E-state index is 0.513. The first-order chi connectivity index (χ1) is 9.27. The summed E-state index contributed by atoms with van der Waals surface area (Å²) in [5.41, 5.74) is 1.00. The van der Waals surface area contributed by atoms with Crippen molar-refractivity contribution in [3.63, 3.8) is 0 Å². The maximum Gasteiger partial charge on any atom is 0.213 e. The number of rotatable bonds is 10. The van der Waals surface area contributed by atoms with E-state index in [2.05, 4.69) is 24.1 Å². The molecule has 0 amide bonds. The number of nitrogens with one attached hydrogen (secondary N) is 1. The van der Waals surface area contributed by atoms with Crippen LogP contribution in [0.15, 0.2) is 12.3 Å². The van der Waals surface area contributed by atoms with Gasteiger partial charge in [0.25, 0.3) is 0 Å². The summed E-state index contributed by atoms with van der Waals surface area (Å²) in [4.78, 5) is 4.14. The van der Waals surface area contributed by atoms with Crippen molar-refractivity contribution in [1.82, 2.24) is 10.3 Å². The van der Waals surface area contributed by atoms with Crippen molar-refractivity contribution >= 4 is 11.6 Å². The van der Waals surface area contributed by atoms with Crippen LogP contribution in [-0.4, -0.2) is 31.3 Å². The van der Waals surface area contributed by atoms with Gasteiger partial charge >= 0.3 is 0 Å². The third kappa shape index (κ3) is 6.76. The van der Waals surface area contributed by atoms with E-state index < -0.39 is 0 Å². The maximum absolute atomic E-state index is 6.07. The molecule has 1 heterocycles. The zero-order valence-electron chi connectivity index (χ0n) is 11.7. The summed E-state index contributed by atoms with van der Waals surface area (Å²) in [6, 6.07) is 1.87. The average molecular weight is 287 g/mol. The van der Waals surface area contributed by atoms with E-state index in [1.807, 2.05) is 6.07 Å². The molecule has 0 saturated carbocycles. The summed E-state index contributed by atoms with van der Waals surface area (Å²) in [5, 5.41) is 3.89. The first-order valence-corrected chi connectivity index (χ1v) is 7.21. The molecule has 0 radical (unpaired) electrons. The largest absolute Gasteiger partial charge is 0.475 e. The van der Waals surface area contributed by atoms with Gasteiger partial charge in [0.15, 0.2) is 0 Å². The lowest BCUT2D eigenvalue weighted by molar-refractivity contribution is 0.0965. The Labute approximate surface area is 120 Å². The third-order valence-corrected chi connectivity index (χ3v) is 2.94. The molecule has 0 aliphatic rings. The first kappa shape index (κ1) is 16.2. The summed E-state index contributed by atoms with van der Waals surface area (Å²) >= 11 is 6.07. The van der Waals surface area contributed by atoms with E-state index >= 15 is 0 Å². The molecular weight excluding hydrogens is 264 g/mol. The number of nitrogens with zero attached hydrogens (tertiary/aromatic N) is 1. The summed E-state index contributed by atoms with van der Waals surface area (Å²) in [5.74, 6) is 0.594. The minimum Gasteiger partial charge on any atom is -0.475 e. The monoisotopic (exact) mass is 286 g/mol. The molecule has 19 heavy (non-hydrogen) atoms. The lowest BCUT2D eigenvalue weighted by atomic mass is 10.2. The summed E-state index contributed by atoms with van der Waals surface area (Å²) in [6.07, 6.45) is 3.86. The van der Waals surface area contributed by atoms with Gasteiger partial charge in [-0.05, 0) is 18.5 Å². The zero-order valence-corrected chi connectivity index (χ0v) is 12.5. The van der Waals surface area contributed by atoms with Gasteiger partial charge in [0.1, 0.15) is 6.61 Å². The van der Waals surface area contributed by atoms with Gasteiger partial charge in [0.2, 0.25) is 5.88 Å². The number of hydrogen-bond donors (Lipinski definition) is 1. The molecule has 0 unspecified atom stereocenters. The van der Waals surface area contributed by atoms with Crippen molar-refractivity contribution in [1.29, 1.82) is 0 Å². The Hall–Kier alpha value is -0.840. The van der Waals surface area contributed by atoms with E-state index in [0.717, 1.165) is 38.1 Å². The van der Waals surface area contributed by atoms with Gasteiger partial charge in [-0.15, -0.1) is 0 Å². The van der Waals surface area contributed by atoms with Crippen LogP contribution in [-0.2, 0) is 11.3 Å². The minimum atomic E-state index is 0.513. The predicted octanol–water partition coefficient (Wildman–Crippen LogP) is 3.04. The van der Waals surface area contributed by atoms with Crippen LogP contribution < -0.4 is 10.1 Å². The SMILES string of the molecule is CCCCOCCOc1cc(CNCC)c(Cl)cn1. The molecule has 1 N–H and O–H groups in total. The number of aromatic nitrogens is 1. The van der Waals surface area contributed by atoms with Crippen molar-refractivity contribution in [2.24, 2.45) is 0 Å². The topological polar surface area (TPSA) is 43.4 Å². The number of halogens is 1. The van der Waals surface area contributed by atoms with Crippen LogP contribution in [0.2, 0.25) is 5.02 Å². The molecular formula is C14H23ClN2O2. The quantitative estimate of drug-likeness (QED) is 0.672. The summed E-state index contributed by atoms with van der Waals surface area (Å²) in [7, 11) is 0. The Morgan fingerprint density at radius 3 is 2.84 bits per heavy atom. The lowest BCUT2D eigenvalue weighted by Crippen LogP contribution is -2.13. The van der Waals surface area contributed by atoms with Crippen LogP contribution in [0.1, 0.15) is 32.3 Å². The molecule has 1 rings (SSSR count). The van der Waals surface area contributed by atoms with E-state index in [1.54, 1.807) is 6.20 Å². The fourth-order valence-electron chi connectivity index (χ4n) is 1.49. The molecule has 0 atom stereocenters. The molecule has 0 aliphatic carbocycles. The Balaban J connectivity index is 2.33. The fourth-order valence-corrected chi connectivity index (χ4v) is 1.66. The van der Waals surface area contributed by atoms with Crippen molar-refractivity contribution < 1.29 is 9.47 Å². The number of pyridine rings is 1. The highest BCUT2D eigenvalue weighted by Gasteiger charge is 2.04. The molecule has 0 saturated heterocycles.